The molecule has 7 heteroatoms. The molecule has 0 amide bonds. The first-order valence-corrected chi connectivity index (χ1v) is 9.24. The van der Waals surface area contributed by atoms with Crippen LogP contribution in [0.25, 0.3) is 0 Å². The Hall–Kier alpha value is -1.57. The molecule has 1 aromatic carbocycles. The molecule has 6 nitrogen and oxygen atoms in total. The summed E-state index contributed by atoms with van der Waals surface area (Å²) in [6.07, 6.45) is -1.34. The first-order chi connectivity index (χ1) is 12.3. The van der Waals surface area contributed by atoms with E-state index < -0.39 is 24.8 Å². The van der Waals surface area contributed by atoms with E-state index in [1.54, 1.807) is 32.9 Å². The van der Waals surface area contributed by atoms with E-state index in [0.29, 0.717) is 12.4 Å². The number of aliphatic hydroxyl groups excluding tert-OH is 1. The third-order valence-electron chi connectivity index (χ3n) is 4.87. The van der Waals surface area contributed by atoms with Crippen LogP contribution in [0, 0.1) is 5.41 Å². The van der Waals surface area contributed by atoms with Crippen molar-refractivity contribution in [2.24, 2.45) is 5.41 Å². The number of carbonyl (C=O) groups excluding carboxylic acids is 1. The van der Waals surface area contributed by atoms with Crippen LogP contribution in [0.1, 0.15) is 48.5 Å². The number of ether oxygens (including phenoxy) is 2. The second-order valence-electron chi connectivity index (χ2n) is 9.08. The lowest BCUT2D eigenvalue weighted by atomic mass is 9.69. The predicted molar refractivity (Wildman–Crippen MR) is 104 cm³/mol. The lowest BCUT2D eigenvalue weighted by molar-refractivity contribution is -0.166. The van der Waals surface area contributed by atoms with E-state index in [-0.39, 0.29) is 17.6 Å². The van der Waals surface area contributed by atoms with Crippen LogP contribution in [0.4, 0.5) is 0 Å². The summed E-state index contributed by atoms with van der Waals surface area (Å²) in [5.41, 5.74) is -0.159. The summed E-state index contributed by atoms with van der Waals surface area (Å²) >= 11 is 0. The molecule has 0 unspecified atom stereocenters. The highest BCUT2D eigenvalue weighted by molar-refractivity contribution is 6.61. The Bertz CT molecular complexity index is 647. The molecule has 1 atom stereocenters. The minimum Gasteiger partial charge on any atom is -0.490 e. The van der Waals surface area contributed by atoms with Crippen molar-refractivity contribution in [1.29, 1.82) is 0 Å². The van der Waals surface area contributed by atoms with Gasteiger partial charge in [0.2, 0.25) is 0 Å². The molecular weight excluding hydrogens is 347 g/mol. The molecule has 0 saturated carbocycles. The van der Waals surface area contributed by atoms with Crippen molar-refractivity contribution < 1.29 is 28.7 Å². The molecule has 150 valence electrons. The molecule has 1 aromatic rings. The van der Waals surface area contributed by atoms with Gasteiger partial charge in [-0.25, -0.2) is 4.79 Å². The zero-order valence-electron chi connectivity index (χ0n) is 17.4. The first kappa shape index (κ1) is 21.7. The van der Waals surface area contributed by atoms with Crippen molar-refractivity contribution >= 4 is 18.6 Å². The second-order valence-corrected chi connectivity index (χ2v) is 9.08. The standard InChI is InChI=1S/C20H31BO6/c1-18(2,3)26-17(23)16(22)12-24-15-10-8-14(9-11-15)21-25-13-19(4,5)20(6,7)27-21/h8-11,16,22H,12-13H2,1-7H3/t16-/m1/s1. The summed E-state index contributed by atoms with van der Waals surface area (Å²) in [7, 11) is -0.436. The lowest BCUT2D eigenvalue weighted by Gasteiger charge is -2.47. The highest BCUT2D eigenvalue weighted by Gasteiger charge is 2.46. The van der Waals surface area contributed by atoms with Crippen LogP contribution in [-0.4, -0.2) is 48.7 Å². The predicted octanol–water partition coefficient (Wildman–Crippen LogP) is 2.31. The molecule has 0 bridgehead atoms. The van der Waals surface area contributed by atoms with E-state index in [1.165, 1.54) is 0 Å². The molecule has 1 aliphatic heterocycles. The summed E-state index contributed by atoms with van der Waals surface area (Å²) in [5.74, 6) is -0.162. The van der Waals surface area contributed by atoms with Gasteiger partial charge >= 0.3 is 13.1 Å². The highest BCUT2D eigenvalue weighted by atomic mass is 16.6. The Morgan fingerprint density at radius 3 is 2.33 bits per heavy atom. The number of esters is 1. The highest BCUT2D eigenvalue weighted by Crippen LogP contribution is 2.38. The smallest absolute Gasteiger partial charge is 0.490 e. The van der Waals surface area contributed by atoms with Crippen LogP contribution < -0.4 is 10.2 Å². The van der Waals surface area contributed by atoms with Crippen molar-refractivity contribution in [1.82, 2.24) is 0 Å². The number of aliphatic hydroxyl groups is 1. The average Bonchev–Trinajstić information content (AvgIpc) is 2.54. The molecular formula is C20H31BO6. The Morgan fingerprint density at radius 2 is 1.81 bits per heavy atom. The van der Waals surface area contributed by atoms with Gasteiger partial charge < -0.3 is 23.9 Å². The van der Waals surface area contributed by atoms with E-state index in [1.807, 2.05) is 12.1 Å². The first-order valence-electron chi connectivity index (χ1n) is 9.24. The molecule has 1 saturated heterocycles. The van der Waals surface area contributed by atoms with Crippen molar-refractivity contribution in [3.05, 3.63) is 24.3 Å². The van der Waals surface area contributed by atoms with Gasteiger partial charge in [-0.1, -0.05) is 26.0 Å². The summed E-state index contributed by atoms with van der Waals surface area (Å²) in [6, 6.07) is 7.23. The normalized spacial score (nSPS) is 20.1. The van der Waals surface area contributed by atoms with Gasteiger partial charge in [0.05, 0.1) is 5.60 Å². The van der Waals surface area contributed by atoms with Crippen molar-refractivity contribution in [2.75, 3.05) is 13.2 Å². The Kier molecular flexibility index (Phi) is 6.29. The van der Waals surface area contributed by atoms with Gasteiger partial charge in [-0.3, -0.25) is 0 Å². The summed E-state index contributed by atoms with van der Waals surface area (Å²) in [5, 5.41) is 9.87. The third-order valence-corrected chi connectivity index (χ3v) is 4.87. The maximum Gasteiger partial charge on any atom is 0.494 e. The zero-order valence-corrected chi connectivity index (χ0v) is 17.4. The number of rotatable bonds is 5. The molecule has 0 radical (unpaired) electrons. The Morgan fingerprint density at radius 1 is 1.22 bits per heavy atom. The van der Waals surface area contributed by atoms with Crippen molar-refractivity contribution in [3.63, 3.8) is 0 Å². The fourth-order valence-electron chi connectivity index (χ4n) is 2.42. The number of benzene rings is 1. The van der Waals surface area contributed by atoms with Gasteiger partial charge in [-0.05, 0) is 52.2 Å². The van der Waals surface area contributed by atoms with E-state index in [0.717, 1.165) is 5.46 Å². The van der Waals surface area contributed by atoms with Gasteiger partial charge in [0, 0.05) is 12.0 Å². The zero-order chi connectivity index (χ0) is 20.5. The van der Waals surface area contributed by atoms with Gasteiger partial charge in [0.1, 0.15) is 18.0 Å². The topological polar surface area (TPSA) is 74.2 Å². The average molecular weight is 378 g/mol. The third kappa shape index (κ3) is 5.70. The number of hydrogen-bond donors (Lipinski definition) is 1. The largest absolute Gasteiger partial charge is 0.494 e. The van der Waals surface area contributed by atoms with Crippen LogP contribution in [-0.2, 0) is 18.8 Å². The van der Waals surface area contributed by atoms with Gasteiger partial charge in [-0.2, -0.15) is 0 Å². The molecule has 0 aromatic heterocycles. The Labute approximate surface area is 162 Å². The SMILES string of the molecule is CC(C)(C)OC(=O)[C@H](O)COc1ccc(B2OCC(C)(C)C(C)(C)O2)cc1. The van der Waals surface area contributed by atoms with E-state index in [2.05, 4.69) is 27.7 Å². The molecule has 0 spiro atoms. The Balaban J connectivity index is 1.91. The van der Waals surface area contributed by atoms with Gasteiger partial charge in [0.15, 0.2) is 6.10 Å². The van der Waals surface area contributed by atoms with Crippen LogP contribution in [0.3, 0.4) is 0 Å². The van der Waals surface area contributed by atoms with E-state index in [9.17, 15) is 9.90 Å². The minimum atomic E-state index is -1.34. The second kappa shape index (κ2) is 7.82. The summed E-state index contributed by atoms with van der Waals surface area (Å²) in [4.78, 5) is 11.8. The van der Waals surface area contributed by atoms with E-state index in [4.69, 9.17) is 18.8 Å². The fourth-order valence-corrected chi connectivity index (χ4v) is 2.42. The number of hydrogen-bond acceptors (Lipinski definition) is 6. The molecule has 27 heavy (non-hydrogen) atoms. The van der Waals surface area contributed by atoms with Crippen LogP contribution in [0.5, 0.6) is 5.75 Å². The molecule has 1 N–H and O–H groups in total. The monoisotopic (exact) mass is 378 g/mol. The van der Waals surface area contributed by atoms with E-state index >= 15 is 0 Å². The molecule has 1 heterocycles. The maximum atomic E-state index is 11.8. The van der Waals surface area contributed by atoms with Crippen LogP contribution in [0.2, 0.25) is 0 Å². The molecule has 0 aliphatic carbocycles. The van der Waals surface area contributed by atoms with Gasteiger partial charge in [-0.15, -0.1) is 0 Å². The van der Waals surface area contributed by atoms with Crippen LogP contribution >= 0.6 is 0 Å². The fraction of sp³-hybridized carbons (Fsp3) is 0.650. The minimum absolute atomic E-state index is 0.0790. The van der Waals surface area contributed by atoms with Crippen molar-refractivity contribution in [2.45, 2.75) is 65.8 Å². The number of carbonyl (C=O) groups is 1. The summed E-state index contributed by atoms with van der Waals surface area (Å²) in [6.45, 7) is 14.0. The quantitative estimate of drug-likeness (QED) is 0.626. The molecule has 2 rings (SSSR count). The summed E-state index contributed by atoms with van der Waals surface area (Å²) < 4.78 is 22.6. The lowest BCUT2D eigenvalue weighted by Crippen LogP contribution is -2.58. The van der Waals surface area contributed by atoms with Crippen molar-refractivity contribution in [3.8, 4) is 5.75 Å². The maximum absolute atomic E-state index is 11.8. The van der Waals surface area contributed by atoms with Crippen LogP contribution in [0.15, 0.2) is 24.3 Å². The molecule has 1 aliphatic rings. The van der Waals surface area contributed by atoms with Gasteiger partial charge in [0.25, 0.3) is 0 Å². The molecule has 1 fully saturated rings.